The predicted octanol–water partition coefficient (Wildman–Crippen LogP) is 5.75. The Labute approximate surface area is 278 Å². The number of ether oxygens (including phenoxy) is 3. The fraction of sp³-hybridized carbons (Fsp3) is 0.382. The summed E-state index contributed by atoms with van der Waals surface area (Å²) < 4.78 is 69.0. The Balaban J connectivity index is 1.70. The average Bonchev–Trinajstić information content (AvgIpc) is 3.09. The molecule has 0 radical (unpaired) electrons. The van der Waals surface area contributed by atoms with Gasteiger partial charge in [-0.1, -0.05) is 66.7 Å². The van der Waals surface area contributed by atoms with Gasteiger partial charge in [-0.2, -0.15) is 8.78 Å². The predicted molar refractivity (Wildman–Crippen MR) is 174 cm³/mol. The van der Waals surface area contributed by atoms with Crippen molar-refractivity contribution in [3.05, 3.63) is 101 Å². The van der Waals surface area contributed by atoms with E-state index in [9.17, 15) is 18.9 Å². The summed E-state index contributed by atoms with van der Waals surface area (Å²) in [4.78, 5) is 38.7. The maximum Gasteiger partial charge on any atom is 0.404 e. The highest BCUT2D eigenvalue weighted by molar-refractivity contribution is 7.54. The first-order valence-electron chi connectivity index (χ1n) is 15.4. The number of hydrogen-bond donors (Lipinski definition) is 2. The van der Waals surface area contributed by atoms with E-state index in [0.29, 0.717) is 24.2 Å². The normalized spacial score (nSPS) is 12.9. The number of hydrogen-bond acceptors (Lipinski definition) is 10. The lowest BCUT2D eigenvalue weighted by Crippen LogP contribution is -2.61. The van der Waals surface area contributed by atoms with Crippen molar-refractivity contribution in [3.63, 3.8) is 0 Å². The molecule has 3 aromatic rings. The van der Waals surface area contributed by atoms with Crippen LogP contribution in [0.4, 0.5) is 8.78 Å². The van der Waals surface area contributed by atoms with Gasteiger partial charge in [0, 0.05) is 18.5 Å². The number of benzene rings is 3. The topological polar surface area (TPSA) is 152 Å². The summed E-state index contributed by atoms with van der Waals surface area (Å²) >= 11 is 0. The first kappa shape index (κ1) is 38.3. The van der Waals surface area contributed by atoms with Crippen molar-refractivity contribution in [1.82, 2.24) is 5.32 Å². The number of amides is 1. The highest BCUT2D eigenvalue weighted by Gasteiger charge is 2.54. The van der Waals surface area contributed by atoms with E-state index >= 15 is 8.78 Å². The summed E-state index contributed by atoms with van der Waals surface area (Å²) in [6.07, 6.45) is 0.528. The third-order valence-electron chi connectivity index (χ3n) is 7.12. The molecule has 0 aliphatic carbocycles. The van der Waals surface area contributed by atoms with Crippen molar-refractivity contribution >= 4 is 25.4 Å². The molecule has 11 nitrogen and oxygen atoms in total. The van der Waals surface area contributed by atoms with E-state index in [0.717, 1.165) is 12.1 Å². The number of carbonyl (C=O) groups excluding carboxylic acids is 3. The molecule has 0 heterocycles. The van der Waals surface area contributed by atoms with E-state index in [-0.39, 0.29) is 50.5 Å². The lowest BCUT2D eigenvalue weighted by molar-refractivity contribution is -0.155. The number of esters is 2. The van der Waals surface area contributed by atoms with Gasteiger partial charge in [0.25, 0.3) is 5.91 Å². The average molecular weight is 691 g/mol. The Morgan fingerprint density at radius 2 is 1.48 bits per heavy atom. The van der Waals surface area contributed by atoms with Crippen molar-refractivity contribution < 1.29 is 51.0 Å². The Kier molecular flexibility index (Phi) is 14.2. The molecule has 0 bridgehead atoms. The quantitative estimate of drug-likeness (QED) is 0.0689. The summed E-state index contributed by atoms with van der Waals surface area (Å²) in [5.41, 5.74) is 0.841. The summed E-state index contributed by atoms with van der Waals surface area (Å²) in [5, 5.41) is 2.66. The number of nitrogens with one attached hydrogen (secondary N) is 1. The molecule has 14 heteroatoms. The van der Waals surface area contributed by atoms with Gasteiger partial charge in [0.2, 0.25) is 0 Å². The van der Waals surface area contributed by atoms with Gasteiger partial charge in [-0.25, -0.2) is 9.59 Å². The van der Waals surface area contributed by atoms with Crippen LogP contribution in [0.3, 0.4) is 0 Å². The smallest absolute Gasteiger partial charge is 0.404 e. The first-order valence-corrected chi connectivity index (χ1v) is 16.9. The molecule has 3 rings (SSSR count). The molecule has 3 aromatic carbocycles. The minimum Gasteiger partial charge on any atom is -0.493 e. The number of carbonyl (C=O) groups is 3. The van der Waals surface area contributed by atoms with Crippen LogP contribution in [0.15, 0.2) is 78.9 Å². The van der Waals surface area contributed by atoms with Crippen LogP contribution in [0.5, 0.6) is 5.75 Å². The molecular formula is C34H41F2N2O9P. The van der Waals surface area contributed by atoms with Crippen LogP contribution in [0, 0.1) is 0 Å². The number of methoxy groups -OCH3 is 1. The lowest BCUT2D eigenvalue weighted by atomic mass is 9.90. The molecule has 3 N–H and O–H groups in total. The van der Waals surface area contributed by atoms with Crippen LogP contribution >= 0.6 is 7.60 Å². The highest BCUT2D eigenvalue weighted by atomic mass is 31.2. The van der Waals surface area contributed by atoms with E-state index in [1.807, 2.05) is 0 Å². The van der Waals surface area contributed by atoms with Gasteiger partial charge in [0.1, 0.15) is 17.9 Å². The van der Waals surface area contributed by atoms with Crippen LogP contribution in [0.2, 0.25) is 0 Å². The van der Waals surface area contributed by atoms with E-state index in [4.69, 9.17) is 29.0 Å². The van der Waals surface area contributed by atoms with Gasteiger partial charge in [-0.3, -0.25) is 9.36 Å². The number of nitrogens with two attached hydrogens (primary N) is 1. The van der Waals surface area contributed by atoms with E-state index < -0.39 is 42.2 Å². The second-order valence-electron chi connectivity index (χ2n) is 10.6. The Bertz CT molecular complexity index is 1550. The van der Waals surface area contributed by atoms with E-state index in [1.54, 1.807) is 54.6 Å². The fourth-order valence-electron chi connectivity index (χ4n) is 4.58. The van der Waals surface area contributed by atoms with Crippen LogP contribution < -0.4 is 15.8 Å². The summed E-state index contributed by atoms with van der Waals surface area (Å²) in [6.45, 7) is 2.55. The molecule has 0 fully saturated rings. The van der Waals surface area contributed by atoms with Gasteiger partial charge >= 0.3 is 25.2 Å². The highest BCUT2D eigenvalue weighted by Crippen LogP contribution is 2.66. The van der Waals surface area contributed by atoms with Crippen molar-refractivity contribution in [2.75, 3.05) is 33.5 Å². The van der Waals surface area contributed by atoms with E-state index in [2.05, 4.69) is 5.32 Å². The molecule has 1 atom stereocenters. The van der Waals surface area contributed by atoms with Gasteiger partial charge in [0.05, 0.1) is 26.9 Å². The largest absolute Gasteiger partial charge is 0.493 e. The van der Waals surface area contributed by atoms with Gasteiger partial charge in [-0.15, -0.1) is 0 Å². The van der Waals surface area contributed by atoms with Crippen molar-refractivity contribution in [2.24, 2.45) is 5.73 Å². The molecule has 260 valence electrons. The molecule has 0 aliphatic heterocycles. The number of rotatable bonds is 19. The van der Waals surface area contributed by atoms with Crippen molar-refractivity contribution in [3.8, 4) is 5.75 Å². The second kappa shape index (κ2) is 17.8. The third-order valence-corrected chi connectivity index (χ3v) is 9.26. The molecule has 48 heavy (non-hydrogen) atoms. The van der Waals surface area contributed by atoms with Crippen LogP contribution in [-0.2, 0) is 51.4 Å². The zero-order valence-corrected chi connectivity index (χ0v) is 28.0. The third kappa shape index (κ3) is 9.70. The summed E-state index contributed by atoms with van der Waals surface area (Å²) in [7, 11) is -3.57. The summed E-state index contributed by atoms with van der Waals surface area (Å²) in [6, 6.07) is 20.0. The van der Waals surface area contributed by atoms with Crippen LogP contribution in [0.25, 0.3) is 0 Å². The molecule has 0 saturated carbocycles. The lowest BCUT2D eigenvalue weighted by Gasteiger charge is -2.27. The Morgan fingerprint density at radius 3 is 2.10 bits per heavy atom. The standard InChI is InChI=1S/C34H41F2N2O9P/c1-4-46-48(42,47-5-2)34(35,36)27-19-17-25(18-20-27)23-33(37,32(41)45-24-26-13-7-6-8-14-26)31(40)38-21-11-12-22-44-29-16-10-9-15-28(29)30(39)43-3/h6-10,13-20H,4-5,11-12,21-24,37H2,1-3H3,(H,38,40). The van der Waals surface area contributed by atoms with Gasteiger partial charge < -0.3 is 34.3 Å². The van der Waals surface area contributed by atoms with Crippen molar-refractivity contribution in [1.29, 1.82) is 0 Å². The zero-order valence-electron chi connectivity index (χ0n) is 27.1. The molecule has 1 amide bonds. The number of alkyl halides is 2. The summed E-state index contributed by atoms with van der Waals surface area (Å²) in [5.74, 6) is -2.02. The first-order chi connectivity index (χ1) is 22.9. The van der Waals surface area contributed by atoms with Crippen LogP contribution in [-0.4, -0.2) is 56.9 Å². The number of unbranched alkanes of at least 4 members (excludes halogenated alkanes) is 1. The number of para-hydroxylation sites is 1. The maximum atomic E-state index is 15.3. The van der Waals surface area contributed by atoms with Crippen LogP contribution in [0.1, 0.15) is 53.7 Å². The second-order valence-corrected chi connectivity index (χ2v) is 12.7. The molecule has 1 unspecified atom stereocenters. The SMILES string of the molecule is CCOP(=O)(OCC)C(F)(F)c1ccc(CC(N)(C(=O)NCCCCOc2ccccc2C(=O)OC)C(=O)OCc2ccccc2)cc1. The molecule has 0 aromatic heterocycles. The van der Waals surface area contributed by atoms with E-state index in [1.165, 1.54) is 33.1 Å². The molecule has 0 spiro atoms. The Hall–Kier alpha value is -4.16. The maximum absolute atomic E-state index is 15.3. The van der Waals surface area contributed by atoms with Crippen molar-refractivity contribution in [2.45, 2.75) is 50.9 Å². The van der Waals surface area contributed by atoms with Gasteiger partial charge in [0.15, 0.2) is 5.54 Å². The van der Waals surface area contributed by atoms with Gasteiger partial charge in [-0.05, 0) is 49.9 Å². The number of halogens is 2. The molecule has 0 saturated heterocycles. The minimum absolute atomic E-state index is 0.126. The molecular weight excluding hydrogens is 649 g/mol. The zero-order chi connectivity index (χ0) is 35.2. The minimum atomic E-state index is -4.84. The Morgan fingerprint density at radius 1 is 0.854 bits per heavy atom. The molecule has 0 aliphatic rings. The monoisotopic (exact) mass is 690 g/mol. The fourth-order valence-corrected chi connectivity index (χ4v) is 6.12.